The minimum Gasteiger partial charge on any atom is -0.480 e. The molecule has 1 saturated heterocycles. The number of carboxylic acid groups (broad SMARTS) is 1. The van der Waals surface area contributed by atoms with Gasteiger partial charge in [-0.2, -0.15) is 0 Å². The SMILES string of the molecule is C#CCN(CC(=O)O)CC(=O)N1C(C)CCCC1C. The Balaban J connectivity index is 2.64. The summed E-state index contributed by atoms with van der Waals surface area (Å²) in [7, 11) is 0. The van der Waals surface area contributed by atoms with Crippen molar-refractivity contribution >= 4 is 11.9 Å². The summed E-state index contributed by atoms with van der Waals surface area (Å²) in [6, 6.07) is 0.433. The van der Waals surface area contributed by atoms with Crippen LogP contribution in [0.1, 0.15) is 33.1 Å². The molecule has 0 saturated carbocycles. The number of hydrogen-bond acceptors (Lipinski definition) is 3. The highest BCUT2D eigenvalue weighted by atomic mass is 16.4. The van der Waals surface area contributed by atoms with Crippen LogP contribution in [-0.4, -0.2) is 58.5 Å². The molecule has 19 heavy (non-hydrogen) atoms. The number of carbonyl (C=O) groups is 2. The zero-order chi connectivity index (χ0) is 14.4. The van der Waals surface area contributed by atoms with Crippen LogP contribution in [-0.2, 0) is 9.59 Å². The molecular formula is C14H22N2O3. The Morgan fingerprint density at radius 3 is 2.37 bits per heavy atom. The molecule has 5 heteroatoms. The summed E-state index contributed by atoms with van der Waals surface area (Å²) in [4.78, 5) is 26.4. The van der Waals surface area contributed by atoms with Crippen molar-refractivity contribution < 1.29 is 14.7 Å². The van der Waals surface area contributed by atoms with Gasteiger partial charge >= 0.3 is 5.97 Å². The first-order chi connectivity index (χ1) is 8.95. The summed E-state index contributed by atoms with van der Waals surface area (Å²) in [5, 5.41) is 8.80. The highest BCUT2D eigenvalue weighted by Crippen LogP contribution is 2.22. The Bertz CT molecular complexity index is 365. The Hall–Kier alpha value is -1.54. The van der Waals surface area contributed by atoms with Gasteiger partial charge in [-0.25, -0.2) is 0 Å². The first-order valence-electron chi connectivity index (χ1n) is 6.64. The van der Waals surface area contributed by atoms with Crippen LogP contribution in [0.3, 0.4) is 0 Å². The van der Waals surface area contributed by atoms with E-state index in [1.54, 1.807) is 0 Å². The standard InChI is InChI=1S/C14H22N2O3/c1-4-8-15(10-14(18)19)9-13(17)16-11(2)6-5-7-12(16)3/h1,11-12H,5-10H2,2-3H3,(H,18,19). The fraction of sp³-hybridized carbons (Fsp3) is 0.714. The summed E-state index contributed by atoms with van der Waals surface area (Å²) >= 11 is 0. The van der Waals surface area contributed by atoms with Crippen molar-refractivity contribution in [2.24, 2.45) is 0 Å². The number of amides is 1. The molecule has 1 N–H and O–H groups in total. The van der Waals surface area contributed by atoms with Gasteiger partial charge in [0.05, 0.1) is 19.6 Å². The summed E-state index contributed by atoms with van der Waals surface area (Å²) in [6.07, 6.45) is 8.35. The predicted octanol–water partition coefficient (Wildman–Crippen LogP) is 0.796. The normalized spacial score (nSPS) is 23.2. The maximum absolute atomic E-state index is 12.3. The molecule has 0 aromatic rings. The molecule has 1 amide bonds. The van der Waals surface area contributed by atoms with E-state index < -0.39 is 5.97 Å². The first kappa shape index (κ1) is 15.5. The summed E-state index contributed by atoms with van der Waals surface area (Å²) in [5.74, 6) is 1.39. The number of carboxylic acids is 1. The van der Waals surface area contributed by atoms with Crippen molar-refractivity contribution in [3.63, 3.8) is 0 Å². The monoisotopic (exact) mass is 266 g/mol. The van der Waals surface area contributed by atoms with Crippen molar-refractivity contribution in [3.8, 4) is 12.3 Å². The van der Waals surface area contributed by atoms with E-state index in [0.717, 1.165) is 19.3 Å². The second-order valence-corrected chi connectivity index (χ2v) is 5.17. The lowest BCUT2D eigenvalue weighted by molar-refractivity contribution is -0.141. The summed E-state index contributed by atoms with van der Waals surface area (Å²) in [6.45, 7) is 4.12. The van der Waals surface area contributed by atoms with Crippen molar-refractivity contribution in [1.29, 1.82) is 0 Å². The number of terminal acetylenes is 1. The fourth-order valence-electron chi connectivity index (χ4n) is 2.67. The van der Waals surface area contributed by atoms with E-state index in [2.05, 4.69) is 5.92 Å². The van der Waals surface area contributed by atoms with E-state index in [-0.39, 0.29) is 37.6 Å². The van der Waals surface area contributed by atoms with Crippen molar-refractivity contribution in [2.45, 2.75) is 45.2 Å². The first-order valence-corrected chi connectivity index (χ1v) is 6.64. The van der Waals surface area contributed by atoms with Crippen molar-refractivity contribution in [3.05, 3.63) is 0 Å². The van der Waals surface area contributed by atoms with E-state index in [0.29, 0.717) is 0 Å². The average Bonchev–Trinajstić information content (AvgIpc) is 2.27. The third-order valence-corrected chi connectivity index (χ3v) is 3.51. The van der Waals surface area contributed by atoms with Crippen LogP contribution in [0.5, 0.6) is 0 Å². The zero-order valence-corrected chi connectivity index (χ0v) is 11.6. The number of rotatable bonds is 5. The molecule has 0 bridgehead atoms. The average molecular weight is 266 g/mol. The van der Waals surface area contributed by atoms with Gasteiger partial charge in [0.25, 0.3) is 0 Å². The highest BCUT2D eigenvalue weighted by molar-refractivity contribution is 5.80. The maximum Gasteiger partial charge on any atom is 0.317 e. The molecule has 1 fully saturated rings. The van der Waals surface area contributed by atoms with Crippen molar-refractivity contribution in [2.75, 3.05) is 19.6 Å². The lowest BCUT2D eigenvalue weighted by atomic mass is 9.97. The molecule has 1 aliphatic rings. The molecule has 2 unspecified atom stereocenters. The fourth-order valence-corrected chi connectivity index (χ4v) is 2.67. The van der Waals surface area contributed by atoms with Gasteiger partial charge < -0.3 is 10.0 Å². The van der Waals surface area contributed by atoms with Crippen LogP contribution in [0.25, 0.3) is 0 Å². The zero-order valence-electron chi connectivity index (χ0n) is 11.6. The molecule has 0 radical (unpaired) electrons. The van der Waals surface area contributed by atoms with Crippen molar-refractivity contribution in [1.82, 2.24) is 9.80 Å². The molecule has 1 rings (SSSR count). The van der Waals surface area contributed by atoms with E-state index in [9.17, 15) is 9.59 Å². The van der Waals surface area contributed by atoms with E-state index >= 15 is 0 Å². The second-order valence-electron chi connectivity index (χ2n) is 5.17. The molecule has 1 heterocycles. The third-order valence-electron chi connectivity index (χ3n) is 3.51. The van der Waals surface area contributed by atoms with E-state index in [1.165, 1.54) is 4.90 Å². The molecule has 106 valence electrons. The van der Waals surface area contributed by atoms with Gasteiger partial charge in [0.15, 0.2) is 0 Å². The van der Waals surface area contributed by atoms with Crippen LogP contribution < -0.4 is 0 Å². The summed E-state index contributed by atoms with van der Waals surface area (Å²) < 4.78 is 0. The van der Waals surface area contributed by atoms with Gasteiger partial charge in [-0.1, -0.05) is 5.92 Å². The molecule has 0 aromatic heterocycles. The smallest absolute Gasteiger partial charge is 0.317 e. The third kappa shape index (κ3) is 4.56. The van der Waals surface area contributed by atoms with E-state index in [1.807, 2.05) is 18.7 Å². The number of carbonyl (C=O) groups excluding carboxylic acids is 1. The molecule has 0 aromatic carbocycles. The lowest BCUT2D eigenvalue weighted by Gasteiger charge is -2.40. The topological polar surface area (TPSA) is 60.9 Å². The number of piperidine rings is 1. The summed E-state index contributed by atoms with van der Waals surface area (Å²) in [5.41, 5.74) is 0. The lowest BCUT2D eigenvalue weighted by Crippen LogP contribution is -2.51. The van der Waals surface area contributed by atoms with E-state index in [4.69, 9.17) is 11.5 Å². The van der Waals surface area contributed by atoms with Crippen LogP contribution in [0.2, 0.25) is 0 Å². The Morgan fingerprint density at radius 1 is 1.32 bits per heavy atom. The second kappa shape index (κ2) is 7.15. The van der Waals surface area contributed by atoms with Gasteiger partial charge in [0, 0.05) is 12.1 Å². The minimum absolute atomic E-state index is 0.0313. The quantitative estimate of drug-likeness (QED) is 0.748. The molecule has 0 spiro atoms. The van der Waals surface area contributed by atoms with Crippen LogP contribution in [0, 0.1) is 12.3 Å². The number of likely N-dealkylation sites (tertiary alicyclic amines) is 1. The maximum atomic E-state index is 12.3. The van der Waals surface area contributed by atoms with Crippen LogP contribution in [0.15, 0.2) is 0 Å². The van der Waals surface area contributed by atoms with Gasteiger partial charge in [0.2, 0.25) is 5.91 Å². The minimum atomic E-state index is -0.970. The molecular weight excluding hydrogens is 244 g/mol. The van der Waals surface area contributed by atoms with Crippen LogP contribution in [0.4, 0.5) is 0 Å². The number of hydrogen-bond donors (Lipinski definition) is 1. The Kier molecular flexibility index (Phi) is 5.84. The number of nitrogens with zero attached hydrogens (tertiary/aromatic N) is 2. The highest BCUT2D eigenvalue weighted by Gasteiger charge is 2.29. The molecule has 0 aliphatic carbocycles. The Morgan fingerprint density at radius 2 is 1.89 bits per heavy atom. The van der Waals surface area contributed by atoms with Gasteiger partial charge in [-0.15, -0.1) is 6.42 Å². The molecule has 5 nitrogen and oxygen atoms in total. The molecule has 1 aliphatic heterocycles. The molecule has 2 atom stereocenters. The van der Waals surface area contributed by atoms with Gasteiger partial charge in [-0.3, -0.25) is 14.5 Å². The van der Waals surface area contributed by atoms with Gasteiger partial charge in [0.1, 0.15) is 0 Å². The van der Waals surface area contributed by atoms with Gasteiger partial charge in [-0.05, 0) is 33.1 Å². The predicted molar refractivity (Wildman–Crippen MR) is 72.5 cm³/mol. The Labute approximate surface area is 114 Å². The van der Waals surface area contributed by atoms with Crippen LogP contribution >= 0.6 is 0 Å². The largest absolute Gasteiger partial charge is 0.480 e. The number of aliphatic carboxylic acids is 1.